The number of phenols is 1. The van der Waals surface area contributed by atoms with Crippen LogP contribution in [0, 0.1) is 0 Å². The molecule has 4 nitrogen and oxygen atoms in total. The third kappa shape index (κ3) is 5.32. The van der Waals surface area contributed by atoms with E-state index in [2.05, 4.69) is 11.8 Å². The lowest BCUT2D eigenvalue weighted by molar-refractivity contribution is -0.118. The minimum atomic E-state index is -0.924. The summed E-state index contributed by atoms with van der Waals surface area (Å²) in [6.07, 6.45) is 1.56. The summed E-state index contributed by atoms with van der Waals surface area (Å²) >= 11 is 0. The van der Waals surface area contributed by atoms with E-state index in [1.165, 1.54) is 0 Å². The Bertz CT molecular complexity index is 738. The molecule has 0 bridgehead atoms. The molecule has 1 amide bonds. The average molecular weight is 384 g/mol. The van der Waals surface area contributed by atoms with Crippen LogP contribution in [0.2, 0.25) is 0 Å². The molecule has 1 heterocycles. The van der Waals surface area contributed by atoms with Crippen LogP contribution in [0.3, 0.4) is 0 Å². The molecule has 28 heavy (non-hydrogen) atoms. The summed E-state index contributed by atoms with van der Waals surface area (Å²) in [4.78, 5) is 15.4. The molecule has 2 aromatic carbocycles. The number of amides is 1. The van der Waals surface area contributed by atoms with Crippen LogP contribution in [0.4, 0.5) is 4.39 Å². The first-order chi connectivity index (χ1) is 13.6. The van der Waals surface area contributed by atoms with Gasteiger partial charge in [0.2, 0.25) is 6.41 Å². The van der Waals surface area contributed by atoms with Crippen LogP contribution in [0.15, 0.2) is 54.6 Å². The molecule has 0 radical (unpaired) electrons. The number of carbonyl (C=O) groups excluding carboxylic acids is 1. The summed E-state index contributed by atoms with van der Waals surface area (Å²) in [5.41, 5.74) is 2.06. The Morgan fingerprint density at radius 3 is 2.57 bits per heavy atom. The van der Waals surface area contributed by atoms with Crippen molar-refractivity contribution in [2.24, 2.45) is 0 Å². The number of alkyl halides is 1. The summed E-state index contributed by atoms with van der Waals surface area (Å²) in [6.45, 7) is 4.62. The van der Waals surface area contributed by atoms with Gasteiger partial charge in [0.1, 0.15) is 11.9 Å². The van der Waals surface area contributed by atoms with Gasteiger partial charge in [-0.15, -0.1) is 0 Å². The van der Waals surface area contributed by atoms with Gasteiger partial charge >= 0.3 is 0 Å². The van der Waals surface area contributed by atoms with Crippen molar-refractivity contribution >= 4 is 6.41 Å². The van der Waals surface area contributed by atoms with Crippen molar-refractivity contribution in [2.75, 3.05) is 19.6 Å². The number of piperidine rings is 1. The van der Waals surface area contributed by atoms with Gasteiger partial charge in [-0.25, -0.2) is 4.39 Å². The highest BCUT2D eigenvalue weighted by molar-refractivity contribution is 5.47. The van der Waals surface area contributed by atoms with Crippen LogP contribution in [0.1, 0.15) is 36.8 Å². The third-order valence-electron chi connectivity index (χ3n) is 5.73. The minimum absolute atomic E-state index is 0.117. The first-order valence-corrected chi connectivity index (χ1v) is 9.97. The molecule has 1 aliphatic heterocycles. The van der Waals surface area contributed by atoms with Crippen molar-refractivity contribution in [2.45, 2.75) is 44.4 Å². The first kappa shape index (κ1) is 20.3. The van der Waals surface area contributed by atoms with Crippen molar-refractivity contribution in [3.63, 3.8) is 0 Å². The lowest BCUT2D eigenvalue weighted by atomic mass is 9.87. The number of carbonyl (C=O) groups is 1. The number of hydrogen-bond donors (Lipinski definition) is 1. The van der Waals surface area contributed by atoms with E-state index in [4.69, 9.17) is 0 Å². The van der Waals surface area contributed by atoms with Crippen LogP contribution in [0.5, 0.6) is 5.75 Å². The van der Waals surface area contributed by atoms with Crippen molar-refractivity contribution in [3.8, 4) is 5.75 Å². The SMILES string of the molecule is C[C@H](CCN(C=O)Cc1ccccc1)N1CC[C@@H](c2ccc(O)cc2)[C@H](F)C1. The highest BCUT2D eigenvalue weighted by Gasteiger charge is 2.32. The van der Waals surface area contributed by atoms with Gasteiger partial charge in [-0.1, -0.05) is 42.5 Å². The Labute approximate surface area is 166 Å². The van der Waals surface area contributed by atoms with E-state index in [0.29, 0.717) is 19.6 Å². The van der Waals surface area contributed by atoms with E-state index >= 15 is 0 Å². The zero-order valence-corrected chi connectivity index (χ0v) is 16.4. The number of halogens is 1. The molecule has 0 aromatic heterocycles. The second-order valence-corrected chi connectivity index (χ2v) is 7.70. The molecule has 1 N–H and O–H groups in total. The molecule has 0 aliphatic carbocycles. The fraction of sp³-hybridized carbons (Fsp3) is 0.435. The number of benzene rings is 2. The lowest BCUT2D eigenvalue weighted by Crippen LogP contribution is -2.46. The Morgan fingerprint density at radius 1 is 1.21 bits per heavy atom. The molecule has 2 aromatic rings. The molecule has 150 valence electrons. The summed E-state index contributed by atoms with van der Waals surface area (Å²) < 4.78 is 14.8. The molecule has 1 aliphatic rings. The summed E-state index contributed by atoms with van der Waals surface area (Å²) in [5.74, 6) is 0.0917. The smallest absolute Gasteiger partial charge is 0.210 e. The second kappa shape index (κ2) is 9.69. The second-order valence-electron chi connectivity index (χ2n) is 7.70. The van der Waals surface area contributed by atoms with Gasteiger partial charge in [-0.2, -0.15) is 0 Å². The molecule has 0 spiro atoms. The maximum Gasteiger partial charge on any atom is 0.210 e. The van der Waals surface area contributed by atoms with Gasteiger partial charge in [-0.05, 0) is 49.6 Å². The zero-order valence-electron chi connectivity index (χ0n) is 16.4. The molecule has 3 atom stereocenters. The number of hydrogen-bond acceptors (Lipinski definition) is 3. The van der Waals surface area contributed by atoms with E-state index in [0.717, 1.165) is 36.9 Å². The van der Waals surface area contributed by atoms with Gasteiger partial charge < -0.3 is 10.0 Å². The van der Waals surface area contributed by atoms with Crippen LogP contribution in [-0.4, -0.2) is 53.2 Å². The van der Waals surface area contributed by atoms with Gasteiger partial charge in [0.05, 0.1) is 0 Å². The highest BCUT2D eigenvalue weighted by Crippen LogP contribution is 2.32. The quantitative estimate of drug-likeness (QED) is 0.701. The lowest BCUT2D eigenvalue weighted by Gasteiger charge is -2.38. The van der Waals surface area contributed by atoms with Gasteiger partial charge in [-0.3, -0.25) is 9.69 Å². The fourth-order valence-corrected chi connectivity index (χ4v) is 3.95. The Morgan fingerprint density at radius 2 is 1.93 bits per heavy atom. The largest absolute Gasteiger partial charge is 0.508 e. The maximum absolute atomic E-state index is 14.8. The van der Waals surface area contributed by atoms with Crippen molar-refractivity contribution in [1.82, 2.24) is 9.80 Å². The Hall–Kier alpha value is -2.40. The summed E-state index contributed by atoms with van der Waals surface area (Å²) in [5, 5.41) is 9.42. The Balaban J connectivity index is 1.49. The van der Waals surface area contributed by atoms with Crippen LogP contribution in [-0.2, 0) is 11.3 Å². The maximum atomic E-state index is 14.8. The average Bonchev–Trinajstić information content (AvgIpc) is 2.72. The minimum Gasteiger partial charge on any atom is -0.508 e. The molecule has 3 rings (SSSR count). The van der Waals surface area contributed by atoms with Crippen molar-refractivity contribution < 1.29 is 14.3 Å². The molecule has 1 saturated heterocycles. The van der Waals surface area contributed by atoms with E-state index in [9.17, 15) is 14.3 Å². The standard InChI is InChI=1S/C23H29FN2O2/c1-18(11-13-25(17-27)15-19-5-3-2-4-6-19)26-14-12-22(23(24)16-26)20-7-9-21(28)10-8-20/h2-10,17-18,22-23,28H,11-16H2,1H3/t18-,22+,23-/m1/s1. The van der Waals surface area contributed by atoms with Crippen LogP contribution in [0.25, 0.3) is 0 Å². The molecule has 0 saturated carbocycles. The predicted molar refractivity (Wildman–Crippen MR) is 109 cm³/mol. The highest BCUT2D eigenvalue weighted by atomic mass is 19.1. The Kier molecular flexibility index (Phi) is 7.04. The first-order valence-electron chi connectivity index (χ1n) is 9.97. The topological polar surface area (TPSA) is 43.8 Å². The predicted octanol–water partition coefficient (Wildman–Crippen LogP) is 3.96. The van der Waals surface area contributed by atoms with E-state index in [1.54, 1.807) is 17.0 Å². The molecular weight excluding hydrogens is 355 g/mol. The number of phenolic OH excluding ortho intramolecular Hbond substituents is 1. The monoisotopic (exact) mass is 384 g/mol. The van der Waals surface area contributed by atoms with E-state index < -0.39 is 6.17 Å². The number of nitrogens with zero attached hydrogens (tertiary/aromatic N) is 2. The van der Waals surface area contributed by atoms with Gasteiger partial charge in [0, 0.05) is 31.6 Å². The third-order valence-corrected chi connectivity index (χ3v) is 5.73. The summed E-state index contributed by atoms with van der Waals surface area (Å²) in [7, 11) is 0. The number of likely N-dealkylation sites (tertiary alicyclic amines) is 1. The fourth-order valence-electron chi connectivity index (χ4n) is 3.95. The van der Waals surface area contributed by atoms with E-state index in [-0.39, 0.29) is 17.7 Å². The summed E-state index contributed by atoms with van der Waals surface area (Å²) in [6, 6.07) is 17.0. The normalized spacial score (nSPS) is 21.2. The molecule has 1 fully saturated rings. The molecule has 5 heteroatoms. The molecular formula is C23H29FN2O2. The van der Waals surface area contributed by atoms with Gasteiger partial charge in [0.25, 0.3) is 0 Å². The zero-order chi connectivity index (χ0) is 19.9. The molecule has 0 unspecified atom stereocenters. The van der Waals surface area contributed by atoms with Crippen LogP contribution < -0.4 is 0 Å². The van der Waals surface area contributed by atoms with Crippen LogP contribution >= 0.6 is 0 Å². The van der Waals surface area contributed by atoms with Gasteiger partial charge in [0.15, 0.2) is 0 Å². The van der Waals surface area contributed by atoms with Crippen molar-refractivity contribution in [1.29, 1.82) is 0 Å². The van der Waals surface area contributed by atoms with E-state index in [1.807, 2.05) is 42.5 Å². The number of aromatic hydroxyl groups is 1. The number of rotatable bonds is 8. The van der Waals surface area contributed by atoms with Crippen molar-refractivity contribution in [3.05, 3.63) is 65.7 Å².